The first-order chi connectivity index (χ1) is 24.1. The Labute approximate surface area is 291 Å². The van der Waals surface area contributed by atoms with Crippen molar-refractivity contribution in [1.82, 2.24) is 25.1 Å². The molecule has 3 aliphatic heterocycles. The van der Waals surface area contributed by atoms with Crippen molar-refractivity contribution in [2.75, 3.05) is 65.4 Å². The minimum absolute atomic E-state index is 0.0281. The molecule has 0 spiro atoms. The van der Waals surface area contributed by atoms with Gasteiger partial charge in [-0.1, -0.05) is 18.1 Å². The normalized spacial score (nSPS) is 24.6. The van der Waals surface area contributed by atoms with Gasteiger partial charge in [0.05, 0.1) is 18.3 Å². The van der Waals surface area contributed by atoms with Gasteiger partial charge >= 0.3 is 6.01 Å². The molecule has 2 bridgehead atoms. The highest BCUT2D eigenvalue weighted by atomic mass is 19.1. The molecule has 50 heavy (non-hydrogen) atoms. The fourth-order valence-electron chi connectivity index (χ4n) is 8.42. The van der Waals surface area contributed by atoms with Crippen LogP contribution in [0.1, 0.15) is 37.7 Å². The van der Waals surface area contributed by atoms with Crippen molar-refractivity contribution in [1.29, 1.82) is 0 Å². The molecule has 9 nitrogen and oxygen atoms in total. The first-order valence-corrected chi connectivity index (χ1v) is 17.6. The highest BCUT2D eigenvalue weighted by Gasteiger charge is 2.46. The van der Waals surface area contributed by atoms with E-state index in [1.165, 1.54) is 18.2 Å². The zero-order valence-electron chi connectivity index (χ0n) is 28.9. The summed E-state index contributed by atoms with van der Waals surface area (Å²) in [6.07, 6.45) is 11.1. The summed E-state index contributed by atoms with van der Waals surface area (Å²) < 4.78 is 45.5. The Morgan fingerprint density at radius 2 is 1.86 bits per heavy atom. The summed E-state index contributed by atoms with van der Waals surface area (Å²) in [6, 6.07) is 10.5. The van der Waals surface area contributed by atoms with Crippen LogP contribution in [0.25, 0.3) is 32.8 Å². The molecule has 8 rings (SSSR count). The molecule has 4 fully saturated rings. The maximum absolute atomic E-state index is 17.0. The van der Waals surface area contributed by atoms with E-state index < -0.39 is 11.6 Å². The number of halogens is 2. The number of likely N-dealkylation sites (N-methyl/N-ethyl adjacent to an activating group) is 1. The first kappa shape index (κ1) is 33.1. The summed E-state index contributed by atoms with van der Waals surface area (Å²) in [5.74, 6) is 1.35. The van der Waals surface area contributed by atoms with Crippen molar-refractivity contribution in [2.45, 2.75) is 56.3 Å². The summed E-state index contributed by atoms with van der Waals surface area (Å²) in [4.78, 5) is 16.3. The second-order valence-corrected chi connectivity index (χ2v) is 15.1. The Kier molecular flexibility index (Phi) is 8.54. The van der Waals surface area contributed by atoms with E-state index in [4.69, 9.17) is 20.9 Å². The van der Waals surface area contributed by atoms with Gasteiger partial charge in [0.25, 0.3) is 0 Å². The molecular formula is C39H44F2N6O3. The maximum atomic E-state index is 17.0. The van der Waals surface area contributed by atoms with E-state index in [9.17, 15) is 5.11 Å². The van der Waals surface area contributed by atoms with E-state index in [0.717, 1.165) is 51.7 Å². The number of methoxy groups -OCH3 is 1. The molecule has 4 atom stereocenters. The molecule has 4 aromatic rings. The van der Waals surface area contributed by atoms with Crippen molar-refractivity contribution in [3.63, 3.8) is 0 Å². The molecule has 11 heteroatoms. The van der Waals surface area contributed by atoms with Crippen LogP contribution in [-0.2, 0) is 4.74 Å². The largest absolute Gasteiger partial charge is 0.508 e. The van der Waals surface area contributed by atoms with Crippen LogP contribution in [0.3, 0.4) is 0 Å². The van der Waals surface area contributed by atoms with Crippen LogP contribution in [0.15, 0.2) is 36.4 Å². The molecule has 262 valence electrons. The van der Waals surface area contributed by atoms with Crippen molar-refractivity contribution in [3.05, 3.63) is 53.6 Å². The van der Waals surface area contributed by atoms with Gasteiger partial charge in [0.15, 0.2) is 5.82 Å². The zero-order chi connectivity index (χ0) is 34.7. The van der Waals surface area contributed by atoms with Gasteiger partial charge in [-0.15, -0.1) is 6.42 Å². The number of likely N-dealkylation sites (tertiary alicyclic amines) is 1. The molecule has 0 radical (unpaired) electrons. The third-order valence-corrected chi connectivity index (χ3v) is 11.3. The quantitative estimate of drug-likeness (QED) is 0.233. The van der Waals surface area contributed by atoms with Crippen LogP contribution in [0, 0.1) is 29.4 Å². The van der Waals surface area contributed by atoms with Crippen LogP contribution in [0.5, 0.6) is 11.8 Å². The van der Waals surface area contributed by atoms with E-state index in [2.05, 4.69) is 45.0 Å². The third-order valence-electron chi connectivity index (χ3n) is 11.3. The fourth-order valence-corrected chi connectivity index (χ4v) is 8.42. The lowest BCUT2D eigenvalue weighted by Crippen LogP contribution is -2.52. The third kappa shape index (κ3) is 6.13. The van der Waals surface area contributed by atoms with Crippen LogP contribution in [-0.4, -0.2) is 110 Å². The molecule has 1 aliphatic carbocycles. The minimum Gasteiger partial charge on any atom is -0.508 e. The smallest absolute Gasteiger partial charge is 0.319 e. The number of nitrogens with one attached hydrogen (secondary N) is 1. The van der Waals surface area contributed by atoms with Crippen molar-refractivity contribution >= 4 is 27.5 Å². The number of nitrogens with zero attached hydrogens (tertiary/aromatic N) is 5. The van der Waals surface area contributed by atoms with Crippen LogP contribution in [0.4, 0.5) is 14.6 Å². The highest BCUT2D eigenvalue weighted by molar-refractivity contribution is 6.04. The van der Waals surface area contributed by atoms with E-state index in [0.29, 0.717) is 47.9 Å². The molecule has 3 saturated heterocycles. The Balaban J connectivity index is 1.18. The second kappa shape index (κ2) is 12.9. The predicted octanol–water partition coefficient (Wildman–Crippen LogP) is 5.17. The van der Waals surface area contributed by atoms with Gasteiger partial charge in [0, 0.05) is 85.3 Å². The number of fused-ring (bicyclic) bond motifs is 4. The predicted molar refractivity (Wildman–Crippen MR) is 191 cm³/mol. The number of benzene rings is 3. The van der Waals surface area contributed by atoms with Gasteiger partial charge < -0.3 is 29.7 Å². The monoisotopic (exact) mass is 682 g/mol. The lowest BCUT2D eigenvalue weighted by atomic mass is 9.93. The molecule has 1 saturated carbocycles. The molecule has 2 N–H and O–H groups in total. The number of piperidine rings is 1. The van der Waals surface area contributed by atoms with Gasteiger partial charge in [0.2, 0.25) is 0 Å². The Morgan fingerprint density at radius 1 is 1.08 bits per heavy atom. The van der Waals surface area contributed by atoms with E-state index in [1.807, 2.05) is 0 Å². The number of phenols is 1. The minimum atomic E-state index is -0.847. The number of rotatable bonds is 9. The molecule has 4 heterocycles. The molecule has 0 amide bonds. The average molecular weight is 683 g/mol. The number of anilines is 1. The Hall–Kier alpha value is -4.08. The summed E-state index contributed by atoms with van der Waals surface area (Å²) in [7, 11) is 6.01. The lowest BCUT2D eigenvalue weighted by Gasteiger charge is -2.41. The number of hydrogen-bond acceptors (Lipinski definition) is 9. The number of aromatic hydroxyl groups is 1. The molecule has 2 unspecified atom stereocenters. The highest BCUT2D eigenvalue weighted by Crippen LogP contribution is 2.47. The van der Waals surface area contributed by atoms with Crippen LogP contribution < -0.4 is 15.0 Å². The summed E-state index contributed by atoms with van der Waals surface area (Å²) >= 11 is 0. The second-order valence-electron chi connectivity index (χ2n) is 15.1. The van der Waals surface area contributed by atoms with Gasteiger partial charge in [-0.05, 0) is 75.9 Å². The van der Waals surface area contributed by atoms with Crippen LogP contribution >= 0.6 is 0 Å². The maximum Gasteiger partial charge on any atom is 0.319 e. The van der Waals surface area contributed by atoms with Crippen molar-refractivity contribution in [2.24, 2.45) is 5.41 Å². The van der Waals surface area contributed by atoms with Gasteiger partial charge in [-0.25, -0.2) is 8.78 Å². The van der Waals surface area contributed by atoms with Crippen LogP contribution in [0.2, 0.25) is 0 Å². The topological polar surface area (TPSA) is 86.2 Å². The van der Waals surface area contributed by atoms with Crippen molar-refractivity contribution < 1.29 is 23.4 Å². The lowest BCUT2D eigenvalue weighted by molar-refractivity contribution is -0.0115. The zero-order valence-corrected chi connectivity index (χ0v) is 28.9. The molecule has 1 aromatic heterocycles. The SMILES string of the molecule is C#Cc1cccc2cc(O)cc(-c3c(F)cc4c(N5CC6CCC(C5)N6)nc(OCC5(CN6C[C@H](OC)C[C@@H](N(C)C)C6)CC5)nc4c3F)c12. The first-order valence-electron chi connectivity index (χ1n) is 17.6. The Bertz CT molecular complexity index is 1980. The fraction of sp³-hybridized carbons (Fsp3) is 0.487. The van der Waals surface area contributed by atoms with E-state index in [1.54, 1.807) is 25.3 Å². The summed E-state index contributed by atoms with van der Waals surface area (Å²) in [5, 5.41) is 15.6. The van der Waals surface area contributed by atoms with Gasteiger partial charge in [-0.3, -0.25) is 4.90 Å². The number of aromatic nitrogens is 2. The number of piperazine rings is 1. The number of terminal acetylenes is 1. The van der Waals surface area contributed by atoms with Gasteiger partial charge in [-0.2, -0.15) is 9.97 Å². The average Bonchev–Trinajstić information content (AvgIpc) is 3.79. The number of phenolic OH excluding ortho intramolecular Hbond substituents is 1. The summed E-state index contributed by atoms with van der Waals surface area (Å²) in [5.41, 5.74) is 0.246. The number of hydrogen-bond donors (Lipinski definition) is 2. The molecule has 3 aromatic carbocycles. The molecular weight excluding hydrogens is 638 g/mol. The molecule has 4 aliphatic rings. The van der Waals surface area contributed by atoms with Gasteiger partial charge in [0.1, 0.15) is 22.9 Å². The van der Waals surface area contributed by atoms with Crippen molar-refractivity contribution in [3.8, 4) is 35.2 Å². The van der Waals surface area contributed by atoms with E-state index >= 15 is 8.78 Å². The number of ether oxygens (including phenoxy) is 2. The standard InChI is InChI=1S/C39H44F2N6O3/c1-5-23-7-6-8-24-13-28(48)15-30(33(23)24)34-32(40)16-31-36(35(34)41)43-38(44-37(31)47-17-25-9-10-26(18-47)42-25)50-22-39(11-12-39)21-46-19-27(45(2)3)14-29(20-46)49-4/h1,6-8,13,15-16,25-27,29,42,48H,9-12,14,17-22H2,2-4H3/t25?,26?,27-,29-/m1/s1. The van der Waals surface area contributed by atoms with E-state index in [-0.39, 0.29) is 57.4 Å². The Morgan fingerprint density at radius 3 is 2.56 bits per heavy atom. The summed E-state index contributed by atoms with van der Waals surface area (Å²) in [6.45, 7) is 4.43.